The van der Waals surface area contributed by atoms with Crippen LogP contribution in [0.4, 0.5) is 0 Å². The highest BCUT2D eigenvalue weighted by Gasteiger charge is 2.42. The van der Waals surface area contributed by atoms with Crippen molar-refractivity contribution in [3.05, 3.63) is 0 Å². The Bertz CT molecular complexity index is 537. The van der Waals surface area contributed by atoms with E-state index in [1.807, 2.05) is 0 Å². The maximum Gasteiger partial charge on any atom is 0.336 e. The van der Waals surface area contributed by atoms with Crippen molar-refractivity contribution < 1.29 is 38.9 Å². The van der Waals surface area contributed by atoms with Gasteiger partial charge >= 0.3 is 23.9 Å². The van der Waals surface area contributed by atoms with Crippen molar-refractivity contribution >= 4 is 23.9 Å². The highest BCUT2D eigenvalue weighted by Crippen LogP contribution is 2.23. The van der Waals surface area contributed by atoms with Gasteiger partial charge in [-0.1, -0.05) is 71.6 Å². The Morgan fingerprint density at radius 2 is 1.37 bits per heavy atom. The molecule has 0 spiro atoms. The van der Waals surface area contributed by atoms with Crippen LogP contribution < -0.4 is 0 Å². The normalized spacial score (nSPS) is 13.0. The summed E-state index contributed by atoms with van der Waals surface area (Å²) in [4.78, 5) is 45.3. The van der Waals surface area contributed by atoms with E-state index in [1.165, 1.54) is 38.5 Å². The Kier molecular flexibility index (Phi) is 14.8. The first-order valence-electron chi connectivity index (χ1n) is 11.0. The Hall–Kier alpha value is -1.96. The van der Waals surface area contributed by atoms with Crippen LogP contribution in [0.25, 0.3) is 0 Å². The molecule has 30 heavy (non-hydrogen) atoms. The smallest absolute Gasteiger partial charge is 0.336 e. The molecule has 0 amide bonds. The molecule has 0 rings (SSSR count). The van der Waals surface area contributed by atoms with Crippen molar-refractivity contribution in [3.63, 3.8) is 0 Å². The molecule has 0 saturated heterocycles. The van der Waals surface area contributed by atoms with Gasteiger partial charge in [0.15, 0.2) is 5.60 Å². The van der Waals surface area contributed by atoms with Crippen molar-refractivity contribution in [1.29, 1.82) is 0 Å². The zero-order chi connectivity index (χ0) is 23.0. The number of carboxylic acids is 1. The lowest BCUT2D eigenvalue weighted by Crippen LogP contribution is -2.43. The molecule has 1 atom stereocenters. The summed E-state index contributed by atoms with van der Waals surface area (Å²) >= 11 is 0. The van der Waals surface area contributed by atoms with Gasteiger partial charge in [-0.15, -0.1) is 0 Å². The molecule has 0 aromatic carbocycles. The second-order valence-electron chi connectivity index (χ2n) is 7.88. The van der Waals surface area contributed by atoms with Gasteiger partial charge in [-0.05, 0) is 12.3 Å². The molecule has 174 valence electrons. The number of aliphatic carboxylic acids is 1. The lowest BCUT2D eigenvalue weighted by atomic mass is 9.91. The van der Waals surface area contributed by atoms with Crippen molar-refractivity contribution in [2.75, 3.05) is 6.61 Å². The average Bonchev–Trinajstić information content (AvgIpc) is 2.64. The second kappa shape index (κ2) is 15.8. The summed E-state index contributed by atoms with van der Waals surface area (Å²) in [7, 11) is 0. The molecule has 8 nitrogen and oxygen atoms in total. The lowest BCUT2D eigenvalue weighted by Gasteiger charge is -2.21. The third-order valence-electron chi connectivity index (χ3n) is 4.98. The summed E-state index contributed by atoms with van der Waals surface area (Å²) in [6.45, 7) is 5.49. The van der Waals surface area contributed by atoms with Crippen LogP contribution in [0.5, 0.6) is 0 Å². The van der Waals surface area contributed by atoms with Gasteiger partial charge in [-0.2, -0.15) is 0 Å². The van der Waals surface area contributed by atoms with Crippen LogP contribution in [-0.4, -0.2) is 46.3 Å². The Morgan fingerprint density at radius 1 is 0.833 bits per heavy atom. The Balaban J connectivity index is 4.25. The molecule has 2 N–H and O–H groups in total. The van der Waals surface area contributed by atoms with E-state index in [-0.39, 0.29) is 6.61 Å². The molecule has 0 saturated carbocycles. The van der Waals surface area contributed by atoms with Crippen molar-refractivity contribution in [3.8, 4) is 0 Å². The van der Waals surface area contributed by atoms with E-state index in [0.29, 0.717) is 6.42 Å². The first kappa shape index (κ1) is 28.0. The molecular weight excluding hydrogens is 392 g/mol. The number of unbranched alkanes of at least 4 members (excludes halogenated alkanes) is 4. The van der Waals surface area contributed by atoms with Crippen molar-refractivity contribution in [2.24, 2.45) is 5.92 Å². The third-order valence-corrected chi connectivity index (χ3v) is 4.98. The second-order valence-corrected chi connectivity index (χ2v) is 7.88. The van der Waals surface area contributed by atoms with Gasteiger partial charge in [-0.3, -0.25) is 14.4 Å². The fourth-order valence-electron chi connectivity index (χ4n) is 3.26. The predicted octanol–water partition coefficient (Wildman–Crippen LogP) is 3.77. The van der Waals surface area contributed by atoms with Gasteiger partial charge in [-0.25, -0.2) is 4.79 Å². The zero-order valence-corrected chi connectivity index (χ0v) is 18.6. The van der Waals surface area contributed by atoms with Crippen LogP contribution in [0, 0.1) is 5.92 Å². The highest BCUT2D eigenvalue weighted by atomic mass is 16.6. The maximum absolute atomic E-state index is 11.9. The maximum atomic E-state index is 11.9. The highest BCUT2D eigenvalue weighted by molar-refractivity contribution is 5.91. The van der Waals surface area contributed by atoms with Crippen molar-refractivity contribution in [2.45, 2.75) is 103 Å². The summed E-state index contributed by atoms with van der Waals surface area (Å²) in [6.07, 6.45) is 9.25. The molecule has 1 unspecified atom stereocenters. The van der Waals surface area contributed by atoms with E-state index in [4.69, 9.17) is 9.84 Å². The van der Waals surface area contributed by atoms with Gasteiger partial charge < -0.3 is 19.7 Å². The molecule has 0 aromatic rings. The molecule has 8 heteroatoms. The number of rotatable bonds is 17. The van der Waals surface area contributed by atoms with Crippen LogP contribution in [-0.2, 0) is 28.7 Å². The van der Waals surface area contributed by atoms with Gasteiger partial charge in [0, 0.05) is 6.92 Å². The van der Waals surface area contributed by atoms with E-state index >= 15 is 0 Å². The minimum absolute atomic E-state index is 0.126. The van der Waals surface area contributed by atoms with Crippen LogP contribution in [0.3, 0.4) is 0 Å². The molecule has 0 fully saturated rings. The predicted molar refractivity (Wildman–Crippen MR) is 111 cm³/mol. The van der Waals surface area contributed by atoms with Crippen molar-refractivity contribution in [1.82, 2.24) is 0 Å². The minimum Gasteiger partial charge on any atom is -0.479 e. The summed E-state index contributed by atoms with van der Waals surface area (Å²) in [5.74, 6) is -4.08. The van der Waals surface area contributed by atoms with E-state index in [0.717, 1.165) is 32.1 Å². The topological polar surface area (TPSA) is 127 Å². The monoisotopic (exact) mass is 430 g/mol. The summed E-state index contributed by atoms with van der Waals surface area (Å²) in [5, 5.41) is 19.2. The minimum atomic E-state index is -2.67. The number of aliphatic hydroxyl groups is 1. The molecule has 0 aliphatic rings. The number of hydrogen-bond donors (Lipinski definition) is 2. The fraction of sp³-hybridized carbons (Fsp3) is 0.818. The van der Waals surface area contributed by atoms with Crippen LogP contribution in [0.1, 0.15) is 97.8 Å². The largest absolute Gasteiger partial charge is 0.479 e. The molecular formula is C22H38O8. The summed E-state index contributed by atoms with van der Waals surface area (Å²) in [5.41, 5.74) is -2.67. The first-order valence-corrected chi connectivity index (χ1v) is 11.0. The number of carbonyl (C=O) groups is 4. The summed E-state index contributed by atoms with van der Waals surface area (Å²) in [6, 6.07) is 0. The Morgan fingerprint density at radius 3 is 1.87 bits per heavy atom. The molecule has 0 aliphatic carbocycles. The number of carboxylic acid groups (broad SMARTS) is 1. The number of carbonyl (C=O) groups excluding carboxylic acids is 3. The first-order chi connectivity index (χ1) is 14.1. The number of ether oxygens (including phenoxy) is 2. The zero-order valence-electron chi connectivity index (χ0n) is 18.6. The van der Waals surface area contributed by atoms with E-state index in [9.17, 15) is 24.3 Å². The van der Waals surface area contributed by atoms with Gasteiger partial charge in [0.25, 0.3) is 0 Å². The van der Waals surface area contributed by atoms with Gasteiger partial charge in [0.2, 0.25) is 0 Å². The molecule has 0 radical (unpaired) electrons. The molecule has 0 bridgehead atoms. The SMILES string of the molecule is CCCCC(CCCC)CCCCCOC(=O)CC(O)(CC(=O)OC(C)=O)C(=O)O. The molecule has 0 aliphatic heterocycles. The summed E-state index contributed by atoms with van der Waals surface area (Å²) < 4.78 is 9.22. The van der Waals surface area contributed by atoms with Crippen LogP contribution in [0.2, 0.25) is 0 Å². The van der Waals surface area contributed by atoms with E-state index in [2.05, 4.69) is 18.6 Å². The van der Waals surface area contributed by atoms with Gasteiger partial charge in [0.1, 0.15) is 0 Å². The van der Waals surface area contributed by atoms with E-state index < -0.39 is 42.3 Å². The fourth-order valence-corrected chi connectivity index (χ4v) is 3.26. The third kappa shape index (κ3) is 13.3. The standard InChI is InChI=1S/C22H38O8/c1-4-6-11-18(12-7-5-2)13-9-8-10-14-29-19(24)15-22(28,21(26)27)16-20(25)30-17(3)23/h18,28H,4-16H2,1-3H3,(H,26,27). The quantitative estimate of drug-likeness (QED) is 0.203. The van der Waals surface area contributed by atoms with Gasteiger partial charge in [0.05, 0.1) is 19.4 Å². The number of hydrogen-bond acceptors (Lipinski definition) is 7. The lowest BCUT2D eigenvalue weighted by molar-refractivity contribution is -0.175. The number of esters is 3. The average molecular weight is 431 g/mol. The van der Waals surface area contributed by atoms with E-state index in [1.54, 1.807) is 0 Å². The molecule has 0 heterocycles. The van der Waals surface area contributed by atoms with Crippen LogP contribution >= 0.6 is 0 Å². The Labute approximate surface area is 179 Å². The van der Waals surface area contributed by atoms with Crippen LogP contribution in [0.15, 0.2) is 0 Å². The molecule has 0 aromatic heterocycles.